The summed E-state index contributed by atoms with van der Waals surface area (Å²) in [5, 5.41) is 2.94. The van der Waals surface area contributed by atoms with E-state index in [2.05, 4.69) is 10.3 Å². The quantitative estimate of drug-likeness (QED) is 0.765. The van der Waals surface area contributed by atoms with Gasteiger partial charge < -0.3 is 14.8 Å². The molecule has 1 saturated heterocycles. The number of aromatic nitrogens is 2. The first-order valence-electron chi connectivity index (χ1n) is 7.27. The third-order valence-electron chi connectivity index (χ3n) is 3.97. The summed E-state index contributed by atoms with van der Waals surface area (Å²) in [6, 6.07) is 0.418. The Morgan fingerprint density at radius 1 is 1.45 bits per heavy atom. The second kappa shape index (κ2) is 5.64. The lowest BCUT2D eigenvalue weighted by Crippen LogP contribution is -2.34. The van der Waals surface area contributed by atoms with E-state index in [1.165, 1.54) is 0 Å². The van der Waals surface area contributed by atoms with E-state index in [1.807, 2.05) is 15.7 Å². The summed E-state index contributed by atoms with van der Waals surface area (Å²) in [4.78, 5) is 29.7. The van der Waals surface area contributed by atoms with Crippen LogP contribution in [0.3, 0.4) is 0 Å². The molecular formula is C14H20N4O2. The molecule has 2 aliphatic rings. The number of imidazole rings is 1. The van der Waals surface area contributed by atoms with Crippen LogP contribution < -0.4 is 5.32 Å². The lowest BCUT2D eigenvalue weighted by molar-refractivity contribution is -0.129. The highest BCUT2D eigenvalue weighted by atomic mass is 16.2. The van der Waals surface area contributed by atoms with Gasteiger partial charge in [-0.2, -0.15) is 0 Å². The van der Waals surface area contributed by atoms with Crippen LogP contribution in [0.2, 0.25) is 0 Å². The molecule has 1 aliphatic heterocycles. The minimum absolute atomic E-state index is 0.0205. The number of hydrogen-bond acceptors (Lipinski definition) is 3. The van der Waals surface area contributed by atoms with Crippen molar-refractivity contribution in [3.63, 3.8) is 0 Å². The number of carbonyl (C=O) groups excluding carboxylic acids is 2. The fraction of sp³-hybridized carbons (Fsp3) is 0.643. The smallest absolute Gasteiger partial charge is 0.225 e. The first-order valence-corrected chi connectivity index (χ1v) is 7.27. The van der Waals surface area contributed by atoms with E-state index in [4.69, 9.17) is 0 Å². The molecule has 0 unspecified atom stereocenters. The zero-order valence-corrected chi connectivity index (χ0v) is 11.5. The molecule has 1 saturated carbocycles. The van der Waals surface area contributed by atoms with Gasteiger partial charge in [0.15, 0.2) is 0 Å². The van der Waals surface area contributed by atoms with Gasteiger partial charge in [-0.3, -0.25) is 9.59 Å². The Hall–Kier alpha value is -1.85. The topological polar surface area (TPSA) is 67.2 Å². The van der Waals surface area contributed by atoms with Crippen molar-refractivity contribution in [1.82, 2.24) is 19.8 Å². The Morgan fingerprint density at radius 3 is 3.00 bits per heavy atom. The third kappa shape index (κ3) is 3.00. The predicted octanol–water partition coefficient (Wildman–Crippen LogP) is 0.400. The molecule has 0 aromatic carbocycles. The average molecular weight is 276 g/mol. The minimum atomic E-state index is -0.156. The first kappa shape index (κ1) is 13.1. The highest BCUT2D eigenvalue weighted by Gasteiger charge is 2.41. The van der Waals surface area contributed by atoms with Gasteiger partial charge in [-0.15, -0.1) is 0 Å². The Balaban J connectivity index is 1.37. The van der Waals surface area contributed by atoms with Gasteiger partial charge in [0.2, 0.25) is 11.8 Å². The molecule has 0 bridgehead atoms. The Labute approximate surface area is 118 Å². The summed E-state index contributed by atoms with van der Waals surface area (Å²) in [5.41, 5.74) is 0. The fourth-order valence-electron chi connectivity index (χ4n) is 2.68. The van der Waals surface area contributed by atoms with Gasteiger partial charge in [0.25, 0.3) is 0 Å². The summed E-state index contributed by atoms with van der Waals surface area (Å²) in [7, 11) is 0. The molecule has 6 nitrogen and oxygen atoms in total. The van der Waals surface area contributed by atoms with Crippen LogP contribution in [0.25, 0.3) is 0 Å². The predicted molar refractivity (Wildman–Crippen MR) is 72.7 cm³/mol. The summed E-state index contributed by atoms with van der Waals surface area (Å²) in [5.74, 6) is 0.00883. The van der Waals surface area contributed by atoms with E-state index in [-0.39, 0.29) is 17.7 Å². The van der Waals surface area contributed by atoms with Crippen molar-refractivity contribution in [1.29, 1.82) is 0 Å². The lowest BCUT2D eigenvalue weighted by atomic mass is 10.1. The molecule has 1 N–H and O–H groups in total. The molecule has 2 amide bonds. The molecule has 3 rings (SSSR count). The molecule has 108 valence electrons. The second-order valence-electron chi connectivity index (χ2n) is 5.62. The number of nitrogens with zero attached hydrogens (tertiary/aromatic N) is 3. The number of hydrogen-bond donors (Lipinski definition) is 1. The van der Waals surface area contributed by atoms with Gasteiger partial charge >= 0.3 is 0 Å². The van der Waals surface area contributed by atoms with E-state index < -0.39 is 0 Å². The summed E-state index contributed by atoms with van der Waals surface area (Å²) >= 11 is 0. The van der Waals surface area contributed by atoms with Gasteiger partial charge in [-0.1, -0.05) is 0 Å². The second-order valence-corrected chi connectivity index (χ2v) is 5.62. The zero-order valence-electron chi connectivity index (χ0n) is 11.5. The molecule has 2 heterocycles. The summed E-state index contributed by atoms with van der Waals surface area (Å²) in [6.07, 6.45) is 8.88. The zero-order chi connectivity index (χ0) is 13.9. The maximum Gasteiger partial charge on any atom is 0.225 e. The van der Waals surface area contributed by atoms with Crippen LogP contribution in [0.4, 0.5) is 0 Å². The third-order valence-corrected chi connectivity index (χ3v) is 3.97. The Morgan fingerprint density at radius 2 is 2.30 bits per heavy atom. The number of aryl methyl sites for hydroxylation is 1. The van der Waals surface area contributed by atoms with E-state index in [9.17, 15) is 9.59 Å². The van der Waals surface area contributed by atoms with Crippen LogP contribution in [0, 0.1) is 5.92 Å². The van der Waals surface area contributed by atoms with Crippen molar-refractivity contribution in [3.05, 3.63) is 18.7 Å². The number of likely N-dealkylation sites (tertiary alicyclic amines) is 1. The van der Waals surface area contributed by atoms with Crippen LogP contribution >= 0.6 is 0 Å². The highest BCUT2D eigenvalue weighted by molar-refractivity contribution is 5.89. The molecule has 0 radical (unpaired) electrons. The Kier molecular flexibility index (Phi) is 3.71. The molecule has 0 spiro atoms. The van der Waals surface area contributed by atoms with Gasteiger partial charge in [0.1, 0.15) is 0 Å². The van der Waals surface area contributed by atoms with E-state index in [0.717, 1.165) is 25.8 Å². The monoisotopic (exact) mass is 276 g/mol. The molecular weight excluding hydrogens is 256 g/mol. The lowest BCUT2D eigenvalue weighted by Gasteiger charge is -2.15. The standard InChI is InChI=1S/C14H20N4O2/c19-13-8-11(9-18(13)12-2-3-12)14(20)16-4-1-6-17-7-5-15-10-17/h5,7,10-12H,1-4,6,8-9H2,(H,16,20)/t11-/m0/s1. The maximum atomic E-state index is 12.0. The molecule has 6 heteroatoms. The van der Waals surface area contributed by atoms with Crippen LogP contribution in [-0.4, -0.2) is 45.4 Å². The highest BCUT2D eigenvalue weighted by Crippen LogP contribution is 2.32. The number of amides is 2. The van der Waals surface area contributed by atoms with Gasteiger partial charge in [0.05, 0.1) is 12.2 Å². The van der Waals surface area contributed by atoms with Crippen molar-refractivity contribution >= 4 is 11.8 Å². The number of rotatable bonds is 6. The largest absolute Gasteiger partial charge is 0.356 e. The molecule has 1 aromatic heterocycles. The molecule has 1 aliphatic carbocycles. The van der Waals surface area contributed by atoms with E-state index in [0.29, 0.717) is 25.6 Å². The Bertz CT molecular complexity index is 481. The van der Waals surface area contributed by atoms with Crippen molar-refractivity contribution in [3.8, 4) is 0 Å². The number of nitrogens with one attached hydrogen (secondary N) is 1. The summed E-state index contributed by atoms with van der Waals surface area (Å²) in [6.45, 7) is 2.10. The normalized spacial score (nSPS) is 22.3. The molecule has 1 atom stereocenters. The SMILES string of the molecule is O=C(NCCCn1ccnc1)[C@H]1CC(=O)N(C2CC2)C1. The van der Waals surface area contributed by atoms with Gasteiger partial charge in [-0.25, -0.2) is 4.98 Å². The van der Waals surface area contributed by atoms with Crippen LogP contribution in [0.15, 0.2) is 18.7 Å². The summed E-state index contributed by atoms with van der Waals surface area (Å²) < 4.78 is 1.99. The number of carbonyl (C=O) groups is 2. The maximum absolute atomic E-state index is 12.0. The molecule has 20 heavy (non-hydrogen) atoms. The van der Waals surface area contributed by atoms with E-state index in [1.54, 1.807) is 12.5 Å². The van der Waals surface area contributed by atoms with Crippen LogP contribution in [0.5, 0.6) is 0 Å². The van der Waals surface area contributed by atoms with Crippen molar-refractivity contribution in [2.75, 3.05) is 13.1 Å². The molecule has 2 fully saturated rings. The first-order chi connectivity index (χ1) is 9.74. The molecule has 1 aromatic rings. The minimum Gasteiger partial charge on any atom is -0.356 e. The van der Waals surface area contributed by atoms with Crippen molar-refractivity contribution < 1.29 is 9.59 Å². The van der Waals surface area contributed by atoms with Crippen LogP contribution in [-0.2, 0) is 16.1 Å². The van der Waals surface area contributed by atoms with Gasteiger partial charge in [0, 0.05) is 44.5 Å². The average Bonchev–Trinajstić information content (AvgIpc) is 2.99. The van der Waals surface area contributed by atoms with Crippen molar-refractivity contribution in [2.45, 2.75) is 38.3 Å². The van der Waals surface area contributed by atoms with E-state index >= 15 is 0 Å². The van der Waals surface area contributed by atoms with Crippen LogP contribution in [0.1, 0.15) is 25.7 Å². The fourth-order valence-corrected chi connectivity index (χ4v) is 2.68. The van der Waals surface area contributed by atoms with Gasteiger partial charge in [-0.05, 0) is 19.3 Å². The van der Waals surface area contributed by atoms with Crippen molar-refractivity contribution in [2.24, 2.45) is 5.92 Å².